The standard InChI is InChI=1S/C13H23N3O2S/c1-9(2)5-6-13(3,18)8-15-11(17)10-7-19-12(14-4)16-10/h7,9,18H,5-6,8H2,1-4H3,(H,14,16)(H,15,17). The molecule has 0 saturated heterocycles. The van der Waals surface area contributed by atoms with E-state index in [2.05, 4.69) is 29.5 Å². The number of rotatable bonds is 7. The first-order chi connectivity index (χ1) is 8.84. The van der Waals surface area contributed by atoms with Gasteiger partial charge in [-0.05, 0) is 25.7 Å². The van der Waals surface area contributed by atoms with Crippen molar-refractivity contribution in [1.82, 2.24) is 10.3 Å². The predicted octanol–water partition coefficient (Wildman–Crippen LogP) is 2.10. The smallest absolute Gasteiger partial charge is 0.270 e. The van der Waals surface area contributed by atoms with Gasteiger partial charge in [-0.25, -0.2) is 4.98 Å². The first-order valence-corrected chi connectivity index (χ1v) is 7.36. The van der Waals surface area contributed by atoms with Crippen molar-refractivity contribution in [2.45, 2.75) is 39.2 Å². The summed E-state index contributed by atoms with van der Waals surface area (Å²) in [6, 6.07) is 0. The summed E-state index contributed by atoms with van der Waals surface area (Å²) in [5.74, 6) is 0.293. The van der Waals surface area contributed by atoms with Gasteiger partial charge in [0.2, 0.25) is 0 Å². The molecule has 0 fully saturated rings. The first kappa shape index (κ1) is 15.9. The Labute approximate surface area is 118 Å². The van der Waals surface area contributed by atoms with E-state index in [4.69, 9.17) is 0 Å². The highest BCUT2D eigenvalue weighted by molar-refractivity contribution is 7.13. The summed E-state index contributed by atoms with van der Waals surface area (Å²) in [7, 11) is 1.76. The lowest BCUT2D eigenvalue weighted by Crippen LogP contribution is -2.40. The molecule has 0 spiro atoms. The van der Waals surface area contributed by atoms with Gasteiger partial charge in [0.15, 0.2) is 5.13 Å². The van der Waals surface area contributed by atoms with E-state index in [0.29, 0.717) is 23.2 Å². The highest BCUT2D eigenvalue weighted by Gasteiger charge is 2.22. The number of carbonyl (C=O) groups excluding carboxylic acids is 1. The van der Waals surface area contributed by atoms with E-state index in [-0.39, 0.29) is 12.5 Å². The molecule has 0 aliphatic carbocycles. The maximum atomic E-state index is 11.9. The van der Waals surface area contributed by atoms with Crippen LogP contribution in [0.3, 0.4) is 0 Å². The Morgan fingerprint density at radius 1 is 1.58 bits per heavy atom. The van der Waals surface area contributed by atoms with Crippen LogP contribution in [0, 0.1) is 5.92 Å². The molecule has 0 aromatic carbocycles. The average molecular weight is 285 g/mol. The molecule has 1 unspecified atom stereocenters. The SMILES string of the molecule is CNc1nc(C(=O)NCC(C)(O)CCC(C)C)cs1. The van der Waals surface area contributed by atoms with Gasteiger partial charge in [0, 0.05) is 19.0 Å². The van der Waals surface area contributed by atoms with Crippen LogP contribution < -0.4 is 10.6 Å². The molecule has 1 heterocycles. The third-order valence-corrected chi connectivity index (χ3v) is 3.70. The largest absolute Gasteiger partial charge is 0.388 e. The lowest BCUT2D eigenvalue weighted by Gasteiger charge is -2.24. The minimum absolute atomic E-state index is 0.241. The van der Waals surface area contributed by atoms with Crippen molar-refractivity contribution in [1.29, 1.82) is 0 Å². The Hall–Kier alpha value is -1.14. The Morgan fingerprint density at radius 2 is 2.26 bits per heavy atom. The van der Waals surface area contributed by atoms with Crippen LogP contribution >= 0.6 is 11.3 Å². The van der Waals surface area contributed by atoms with E-state index in [1.54, 1.807) is 19.4 Å². The monoisotopic (exact) mass is 285 g/mol. The topological polar surface area (TPSA) is 74.2 Å². The summed E-state index contributed by atoms with van der Waals surface area (Å²) in [5.41, 5.74) is -0.490. The van der Waals surface area contributed by atoms with Crippen molar-refractivity contribution >= 4 is 22.4 Å². The van der Waals surface area contributed by atoms with Crippen LogP contribution in [-0.4, -0.2) is 35.2 Å². The van der Waals surface area contributed by atoms with Gasteiger partial charge in [0.1, 0.15) is 5.69 Å². The fraction of sp³-hybridized carbons (Fsp3) is 0.692. The van der Waals surface area contributed by atoms with Gasteiger partial charge in [0.25, 0.3) is 5.91 Å². The molecule has 0 bridgehead atoms. The van der Waals surface area contributed by atoms with Crippen LogP contribution in [0.2, 0.25) is 0 Å². The molecule has 1 atom stereocenters. The van der Waals surface area contributed by atoms with Crippen molar-refractivity contribution in [2.24, 2.45) is 5.92 Å². The number of thiazole rings is 1. The van der Waals surface area contributed by atoms with Gasteiger partial charge in [-0.3, -0.25) is 4.79 Å². The molecular formula is C13H23N3O2S. The number of carbonyl (C=O) groups is 1. The molecule has 108 valence electrons. The average Bonchev–Trinajstić information content (AvgIpc) is 2.82. The third-order valence-electron chi connectivity index (χ3n) is 2.84. The second-order valence-electron chi connectivity index (χ2n) is 5.40. The number of aromatic nitrogens is 1. The Morgan fingerprint density at radius 3 is 2.79 bits per heavy atom. The molecule has 0 radical (unpaired) electrons. The van der Waals surface area contributed by atoms with E-state index in [9.17, 15) is 9.90 Å². The summed E-state index contributed by atoms with van der Waals surface area (Å²) < 4.78 is 0. The molecule has 1 aromatic heterocycles. The molecule has 1 aromatic rings. The van der Waals surface area contributed by atoms with E-state index in [0.717, 1.165) is 6.42 Å². The van der Waals surface area contributed by atoms with Gasteiger partial charge in [-0.1, -0.05) is 13.8 Å². The fourth-order valence-electron chi connectivity index (χ4n) is 1.54. The van der Waals surface area contributed by atoms with E-state index in [1.807, 2.05) is 0 Å². The quantitative estimate of drug-likeness (QED) is 0.717. The first-order valence-electron chi connectivity index (χ1n) is 6.48. The van der Waals surface area contributed by atoms with Crippen LogP contribution in [0.4, 0.5) is 5.13 Å². The summed E-state index contributed by atoms with van der Waals surface area (Å²) in [6.45, 7) is 6.22. The van der Waals surface area contributed by atoms with Crippen LogP contribution in [0.1, 0.15) is 44.1 Å². The van der Waals surface area contributed by atoms with Crippen LogP contribution in [0.15, 0.2) is 5.38 Å². The number of anilines is 1. The molecule has 5 nitrogen and oxygen atoms in total. The molecule has 0 saturated carbocycles. The van der Waals surface area contributed by atoms with E-state index < -0.39 is 5.60 Å². The zero-order valence-corrected chi connectivity index (χ0v) is 12.8. The van der Waals surface area contributed by atoms with Crippen LogP contribution in [0.25, 0.3) is 0 Å². The molecule has 19 heavy (non-hydrogen) atoms. The van der Waals surface area contributed by atoms with Crippen molar-refractivity contribution in [3.63, 3.8) is 0 Å². The number of hydrogen-bond donors (Lipinski definition) is 3. The Bertz CT molecular complexity index is 416. The Balaban J connectivity index is 2.44. The maximum absolute atomic E-state index is 11.9. The zero-order chi connectivity index (χ0) is 14.5. The van der Waals surface area contributed by atoms with Gasteiger partial charge >= 0.3 is 0 Å². The summed E-state index contributed by atoms with van der Waals surface area (Å²) in [6.07, 6.45) is 1.60. The number of hydrogen-bond acceptors (Lipinski definition) is 5. The predicted molar refractivity (Wildman–Crippen MR) is 78.7 cm³/mol. The maximum Gasteiger partial charge on any atom is 0.270 e. The van der Waals surface area contributed by atoms with Crippen molar-refractivity contribution in [2.75, 3.05) is 18.9 Å². The van der Waals surface area contributed by atoms with Gasteiger partial charge in [0.05, 0.1) is 5.60 Å². The van der Waals surface area contributed by atoms with Gasteiger partial charge < -0.3 is 15.7 Å². The van der Waals surface area contributed by atoms with Crippen molar-refractivity contribution in [3.05, 3.63) is 11.1 Å². The van der Waals surface area contributed by atoms with E-state index in [1.165, 1.54) is 11.3 Å². The molecule has 0 aliphatic heterocycles. The van der Waals surface area contributed by atoms with Crippen LogP contribution in [-0.2, 0) is 0 Å². The Kier molecular flexibility index (Phi) is 5.75. The molecule has 3 N–H and O–H groups in total. The zero-order valence-electron chi connectivity index (χ0n) is 12.0. The van der Waals surface area contributed by atoms with E-state index >= 15 is 0 Å². The minimum Gasteiger partial charge on any atom is -0.388 e. The normalized spacial score (nSPS) is 14.2. The minimum atomic E-state index is -0.873. The molecule has 1 rings (SSSR count). The molecule has 0 aliphatic rings. The molecular weight excluding hydrogens is 262 g/mol. The number of aliphatic hydroxyl groups is 1. The van der Waals surface area contributed by atoms with Crippen molar-refractivity contribution in [3.8, 4) is 0 Å². The summed E-state index contributed by atoms with van der Waals surface area (Å²) in [5, 5.41) is 18.2. The lowest BCUT2D eigenvalue weighted by molar-refractivity contribution is 0.0428. The van der Waals surface area contributed by atoms with Crippen LogP contribution in [0.5, 0.6) is 0 Å². The molecule has 6 heteroatoms. The summed E-state index contributed by atoms with van der Waals surface area (Å²) >= 11 is 1.38. The number of nitrogens with zero attached hydrogens (tertiary/aromatic N) is 1. The fourth-order valence-corrected chi connectivity index (χ4v) is 2.19. The second-order valence-corrected chi connectivity index (χ2v) is 6.26. The lowest BCUT2D eigenvalue weighted by atomic mass is 9.95. The summed E-state index contributed by atoms with van der Waals surface area (Å²) in [4.78, 5) is 16.0. The van der Waals surface area contributed by atoms with Gasteiger partial charge in [-0.15, -0.1) is 11.3 Å². The third kappa shape index (κ3) is 5.57. The van der Waals surface area contributed by atoms with Crippen molar-refractivity contribution < 1.29 is 9.90 Å². The highest BCUT2D eigenvalue weighted by Crippen LogP contribution is 2.17. The number of nitrogens with one attached hydrogen (secondary N) is 2. The second kappa shape index (κ2) is 6.86. The highest BCUT2D eigenvalue weighted by atomic mass is 32.1. The molecule has 1 amide bonds. The van der Waals surface area contributed by atoms with Gasteiger partial charge in [-0.2, -0.15) is 0 Å². The number of amides is 1.